The summed E-state index contributed by atoms with van der Waals surface area (Å²) in [6, 6.07) is 5.82. The molecule has 3 heteroatoms. The molecular weight excluding hydrogens is 176 g/mol. The zero-order valence-electron chi connectivity index (χ0n) is 8.59. The van der Waals surface area contributed by atoms with Gasteiger partial charge < -0.3 is 16.2 Å². The first-order chi connectivity index (χ1) is 6.77. The van der Waals surface area contributed by atoms with E-state index < -0.39 is 0 Å². The Morgan fingerprint density at radius 2 is 2.21 bits per heavy atom. The fourth-order valence-corrected chi connectivity index (χ4v) is 1.30. The summed E-state index contributed by atoms with van der Waals surface area (Å²) in [5.41, 5.74) is 7.44. The van der Waals surface area contributed by atoms with Gasteiger partial charge >= 0.3 is 0 Å². The molecule has 0 aliphatic rings. The van der Waals surface area contributed by atoms with E-state index in [1.54, 1.807) is 0 Å². The monoisotopic (exact) mass is 194 g/mol. The minimum atomic E-state index is 0.369. The van der Waals surface area contributed by atoms with Crippen molar-refractivity contribution in [3.05, 3.63) is 29.3 Å². The number of aryl methyl sites for hydroxylation is 1. The van der Waals surface area contributed by atoms with E-state index >= 15 is 0 Å². The molecule has 0 aromatic heterocycles. The molecule has 0 atom stereocenters. The van der Waals surface area contributed by atoms with Gasteiger partial charge in [0.15, 0.2) is 0 Å². The highest BCUT2D eigenvalue weighted by Gasteiger charge is 2.00. The Bertz CT molecular complexity index is 287. The minimum absolute atomic E-state index is 0.369. The Morgan fingerprint density at radius 3 is 2.79 bits per heavy atom. The highest BCUT2D eigenvalue weighted by atomic mass is 16.3. The van der Waals surface area contributed by atoms with Crippen LogP contribution in [0, 0.1) is 0 Å². The molecule has 0 amide bonds. The van der Waals surface area contributed by atoms with Crippen molar-refractivity contribution in [3.8, 4) is 5.75 Å². The molecule has 0 radical (unpaired) electrons. The van der Waals surface area contributed by atoms with E-state index in [2.05, 4.69) is 12.2 Å². The lowest BCUT2D eigenvalue weighted by Crippen LogP contribution is -2.21. The van der Waals surface area contributed by atoms with Gasteiger partial charge in [0.1, 0.15) is 5.75 Å². The van der Waals surface area contributed by atoms with Crippen LogP contribution in [-0.4, -0.2) is 18.2 Å². The molecule has 1 rings (SSSR count). The Labute approximate surface area is 84.9 Å². The summed E-state index contributed by atoms with van der Waals surface area (Å²) < 4.78 is 0. The van der Waals surface area contributed by atoms with Gasteiger partial charge in [0.2, 0.25) is 0 Å². The number of benzene rings is 1. The van der Waals surface area contributed by atoms with Crippen LogP contribution in [0.4, 0.5) is 0 Å². The van der Waals surface area contributed by atoms with Gasteiger partial charge in [-0.15, -0.1) is 0 Å². The molecule has 0 unspecified atom stereocenters. The van der Waals surface area contributed by atoms with Gasteiger partial charge in [0, 0.05) is 25.2 Å². The average molecular weight is 194 g/mol. The number of nitrogens with one attached hydrogen (secondary N) is 1. The third-order valence-electron chi connectivity index (χ3n) is 2.19. The third kappa shape index (κ3) is 3.01. The molecule has 3 nitrogen and oxygen atoms in total. The maximum absolute atomic E-state index is 9.65. The Morgan fingerprint density at radius 1 is 1.43 bits per heavy atom. The van der Waals surface area contributed by atoms with Crippen molar-refractivity contribution < 1.29 is 5.11 Å². The van der Waals surface area contributed by atoms with Crippen molar-refractivity contribution in [3.63, 3.8) is 0 Å². The van der Waals surface area contributed by atoms with Crippen LogP contribution in [0.2, 0.25) is 0 Å². The van der Waals surface area contributed by atoms with Crippen molar-refractivity contribution in [2.45, 2.75) is 19.9 Å². The van der Waals surface area contributed by atoms with Crippen LogP contribution in [0.3, 0.4) is 0 Å². The van der Waals surface area contributed by atoms with Gasteiger partial charge in [-0.1, -0.05) is 19.1 Å². The Kier molecular flexibility index (Phi) is 4.43. The molecule has 0 fully saturated rings. The summed E-state index contributed by atoms with van der Waals surface area (Å²) in [4.78, 5) is 0. The van der Waals surface area contributed by atoms with Crippen LogP contribution < -0.4 is 11.1 Å². The van der Waals surface area contributed by atoms with Crippen molar-refractivity contribution in [2.24, 2.45) is 5.73 Å². The number of hydrogen-bond acceptors (Lipinski definition) is 3. The van der Waals surface area contributed by atoms with Gasteiger partial charge in [0.05, 0.1) is 0 Å². The summed E-state index contributed by atoms with van der Waals surface area (Å²) in [6.07, 6.45) is 0.948. The summed E-state index contributed by atoms with van der Waals surface area (Å²) in [7, 11) is 0. The largest absolute Gasteiger partial charge is 0.508 e. The van der Waals surface area contributed by atoms with E-state index in [9.17, 15) is 5.11 Å². The molecule has 0 aliphatic heterocycles. The Hall–Kier alpha value is -1.06. The molecule has 0 spiro atoms. The van der Waals surface area contributed by atoms with Crippen molar-refractivity contribution in [2.75, 3.05) is 13.1 Å². The Balaban J connectivity index is 2.59. The maximum Gasteiger partial charge on any atom is 0.120 e. The molecule has 0 saturated carbocycles. The SMILES string of the molecule is CCc1ccc(CNCCN)c(O)c1. The predicted octanol–water partition coefficient (Wildman–Crippen LogP) is 1.00. The van der Waals surface area contributed by atoms with Gasteiger partial charge in [-0.3, -0.25) is 0 Å². The molecule has 1 aromatic rings. The van der Waals surface area contributed by atoms with E-state index in [4.69, 9.17) is 5.73 Å². The van der Waals surface area contributed by atoms with Gasteiger partial charge in [-0.2, -0.15) is 0 Å². The molecule has 14 heavy (non-hydrogen) atoms. The van der Waals surface area contributed by atoms with Crippen LogP contribution in [0.5, 0.6) is 5.75 Å². The van der Waals surface area contributed by atoms with Gasteiger partial charge in [0.25, 0.3) is 0 Å². The first-order valence-corrected chi connectivity index (χ1v) is 4.99. The number of nitrogens with two attached hydrogens (primary N) is 1. The first-order valence-electron chi connectivity index (χ1n) is 4.99. The average Bonchev–Trinajstić information content (AvgIpc) is 2.20. The van der Waals surface area contributed by atoms with Crippen molar-refractivity contribution in [1.82, 2.24) is 5.32 Å². The quantitative estimate of drug-likeness (QED) is 0.613. The molecule has 1 aromatic carbocycles. The van der Waals surface area contributed by atoms with E-state index in [0.29, 0.717) is 18.8 Å². The third-order valence-corrected chi connectivity index (χ3v) is 2.19. The fourth-order valence-electron chi connectivity index (χ4n) is 1.30. The second kappa shape index (κ2) is 5.62. The van der Waals surface area contributed by atoms with Crippen molar-refractivity contribution >= 4 is 0 Å². The smallest absolute Gasteiger partial charge is 0.120 e. The molecule has 0 heterocycles. The van der Waals surface area contributed by atoms with E-state index in [1.165, 1.54) is 0 Å². The van der Waals surface area contributed by atoms with Crippen LogP contribution in [0.1, 0.15) is 18.1 Å². The maximum atomic E-state index is 9.65. The lowest BCUT2D eigenvalue weighted by atomic mass is 10.1. The van der Waals surface area contributed by atoms with Crippen molar-refractivity contribution in [1.29, 1.82) is 0 Å². The lowest BCUT2D eigenvalue weighted by molar-refractivity contribution is 0.464. The van der Waals surface area contributed by atoms with E-state index in [1.807, 2.05) is 18.2 Å². The fraction of sp³-hybridized carbons (Fsp3) is 0.455. The second-order valence-electron chi connectivity index (χ2n) is 3.28. The molecular formula is C11H18N2O. The summed E-state index contributed by atoms with van der Waals surface area (Å²) in [6.45, 7) is 4.14. The minimum Gasteiger partial charge on any atom is -0.508 e. The van der Waals surface area contributed by atoms with Crippen LogP contribution in [-0.2, 0) is 13.0 Å². The number of phenols is 1. The zero-order valence-corrected chi connectivity index (χ0v) is 8.59. The highest BCUT2D eigenvalue weighted by molar-refractivity contribution is 5.36. The summed E-state index contributed by atoms with van der Waals surface area (Å²) >= 11 is 0. The van der Waals surface area contributed by atoms with Gasteiger partial charge in [-0.05, 0) is 18.1 Å². The molecule has 78 valence electrons. The lowest BCUT2D eigenvalue weighted by Gasteiger charge is -2.07. The van der Waals surface area contributed by atoms with E-state index in [0.717, 1.165) is 24.1 Å². The second-order valence-corrected chi connectivity index (χ2v) is 3.28. The molecule has 0 bridgehead atoms. The number of hydrogen-bond donors (Lipinski definition) is 3. The number of phenolic OH excluding ortho intramolecular Hbond substituents is 1. The first kappa shape index (κ1) is 11.0. The standard InChI is InChI=1S/C11H18N2O/c1-2-9-3-4-10(11(14)7-9)8-13-6-5-12/h3-4,7,13-14H,2,5-6,8,12H2,1H3. The topological polar surface area (TPSA) is 58.3 Å². The number of rotatable bonds is 5. The van der Waals surface area contributed by atoms with Crippen LogP contribution in [0.15, 0.2) is 18.2 Å². The van der Waals surface area contributed by atoms with Gasteiger partial charge in [-0.25, -0.2) is 0 Å². The molecule has 0 saturated heterocycles. The summed E-state index contributed by atoms with van der Waals surface area (Å²) in [5, 5.41) is 12.8. The van der Waals surface area contributed by atoms with E-state index in [-0.39, 0.29) is 0 Å². The number of aromatic hydroxyl groups is 1. The predicted molar refractivity (Wildman–Crippen MR) is 58.2 cm³/mol. The zero-order chi connectivity index (χ0) is 10.4. The van der Waals surface area contributed by atoms with Crippen LogP contribution in [0.25, 0.3) is 0 Å². The normalized spacial score (nSPS) is 10.4. The van der Waals surface area contributed by atoms with Crippen LogP contribution >= 0.6 is 0 Å². The summed E-state index contributed by atoms with van der Waals surface area (Å²) in [5.74, 6) is 0.369. The highest BCUT2D eigenvalue weighted by Crippen LogP contribution is 2.18. The molecule has 4 N–H and O–H groups in total. The molecule has 0 aliphatic carbocycles.